The van der Waals surface area contributed by atoms with E-state index in [1.54, 1.807) is 24.3 Å². The Hall–Kier alpha value is -1.95. The number of hydrogen-bond donors (Lipinski definition) is 0. The maximum Gasteiger partial charge on any atom is 0.269 e. The van der Waals surface area contributed by atoms with Crippen LogP contribution in [0.3, 0.4) is 0 Å². The van der Waals surface area contributed by atoms with E-state index >= 15 is 0 Å². The molecule has 0 bridgehead atoms. The topological polar surface area (TPSA) is 73.3 Å². The zero-order valence-electron chi connectivity index (χ0n) is 9.13. The van der Waals surface area contributed by atoms with E-state index in [0.717, 1.165) is 0 Å². The molecule has 0 fully saturated rings. The van der Waals surface area contributed by atoms with Gasteiger partial charge in [0.05, 0.1) is 4.92 Å². The number of carbonyl (C=O) groups is 1. The van der Waals surface area contributed by atoms with E-state index in [2.05, 4.69) is 15.9 Å². The first-order chi connectivity index (χ1) is 8.56. The van der Waals surface area contributed by atoms with Crippen LogP contribution in [0.5, 0.6) is 0 Å². The van der Waals surface area contributed by atoms with Crippen LogP contribution < -0.4 is 0 Å². The maximum absolute atomic E-state index is 11.8. The van der Waals surface area contributed by atoms with Crippen molar-refractivity contribution in [3.63, 3.8) is 0 Å². The van der Waals surface area contributed by atoms with Crippen LogP contribution in [-0.4, -0.2) is 10.7 Å². The summed E-state index contributed by atoms with van der Waals surface area (Å²) in [5.74, 6) is 0.0924. The lowest BCUT2D eigenvalue weighted by molar-refractivity contribution is -0.384. The van der Waals surface area contributed by atoms with E-state index in [9.17, 15) is 14.9 Å². The number of nitrogens with zero attached hydrogens (tertiary/aromatic N) is 1. The predicted molar refractivity (Wildman–Crippen MR) is 67.5 cm³/mol. The third-order valence-electron chi connectivity index (χ3n) is 2.36. The minimum absolute atomic E-state index is 0.00643. The molecule has 0 saturated carbocycles. The lowest BCUT2D eigenvalue weighted by atomic mass is 10.1. The molecule has 0 atom stereocenters. The molecule has 0 radical (unpaired) electrons. The van der Waals surface area contributed by atoms with Crippen LogP contribution in [0, 0.1) is 10.1 Å². The van der Waals surface area contributed by atoms with E-state index in [-0.39, 0.29) is 23.7 Å². The molecule has 0 amide bonds. The molecule has 6 heteroatoms. The first-order valence-electron chi connectivity index (χ1n) is 5.08. The van der Waals surface area contributed by atoms with Gasteiger partial charge in [-0.1, -0.05) is 12.1 Å². The van der Waals surface area contributed by atoms with Crippen LogP contribution >= 0.6 is 15.9 Å². The van der Waals surface area contributed by atoms with Gasteiger partial charge in [0, 0.05) is 18.6 Å². The van der Waals surface area contributed by atoms with Crippen molar-refractivity contribution in [3.05, 3.63) is 62.5 Å². The van der Waals surface area contributed by atoms with Gasteiger partial charge in [-0.05, 0) is 33.6 Å². The van der Waals surface area contributed by atoms with Crippen molar-refractivity contribution in [2.75, 3.05) is 0 Å². The highest BCUT2D eigenvalue weighted by Gasteiger charge is 2.12. The fourth-order valence-electron chi connectivity index (χ4n) is 1.47. The number of furan rings is 1. The summed E-state index contributed by atoms with van der Waals surface area (Å²) in [4.78, 5) is 21.8. The molecule has 0 spiro atoms. The van der Waals surface area contributed by atoms with Crippen molar-refractivity contribution >= 4 is 27.4 Å². The fourth-order valence-corrected chi connectivity index (χ4v) is 1.78. The van der Waals surface area contributed by atoms with Gasteiger partial charge in [-0.25, -0.2) is 0 Å². The number of ketones is 1. The third-order valence-corrected chi connectivity index (χ3v) is 2.79. The Morgan fingerprint density at radius 2 is 1.89 bits per heavy atom. The average Bonchev–Trinajstić information content (AvgIpc) is 2.76. The van der Waals surface area contributed by atoms with E-state index in [1.807, 2.05) is 0 Å². The first-order valence-corrected chi connectivity index (χ1v) is 5.87. The number of nitro benzene ring substituents is 1. The number of rotatable bonds is 4. The van der Waals surface area contributed by atoms with Crippen LogP contribution in [0.2, 0.25) is 0 Å². The summed E-state index contributed by atoms with van der Waals surface area (Å²) in [6, 6.07) is 9.10. The zero-order chi connectivity index (χ0) is 13.1. The third kappa shape index (κ3) is 2.84. The number of Topliss-reactive ketones (excluding diaryl/α,β-unsaturated/α-hetero) is 1. The number of carbonyl (C=O) groups excluding carboxylic acids is 1. The summed E-state index contributed by atoms with van der Waals surface area (Å²) in [5.41, 5.74) is 0.713. The van der Waals surface area contributed by atoms with Gasteiger partial charge in [0.15, 0.2) is 10.4 Å². The van der Waals surface area contributed by atoms with Crippen molar-refractivity contribution in [2.45, 2.75) is 6.42 Å². The van der Waals surface area contributed by atoms with E-state index in [1.165, 1.54) is 12.1 Å². The molecule has 0 N–H and O–H groups in total. The Morgan fingerprint density at radius 1 is 1.22 bits per heavy atom. The van der Waals surface area contributed by atoms with E-state index < -0.39 is 4.92 Å². The highest BCUT2D eigenvalue weighted by Crippen LogP contribution is 2.17. The summed E-state index contributed by atoms with van der Waals surface area (Å²) in [6.07, 6.45) is 0.151. The number of hydrogen-bond acceptors (Lipinski definition) is 4. The molecular weight excluding hydrogens is 302 g/mol. The maximum atomic E-state index is 11.8. The number of halogens is 1. The summed E-state index contributed by atoms with van der Waals surface area (Å²) >= 11 is 3.12. The summed E-state index contributed by atoms with van der Waals surface area (Å²) in [5, 5.41) is 10.5. The first kappa shape index (κ1) is 12.5. The van der Waals surface area contributed by atoms with Gasteiger partial charge in [-0.2, -0.15) is 0 Å². The lowest BCUT2D eigenvalue weighted by Gasteiger charge is -1.98. The molecule has 0 aliphatic heterocycles. The Labute approximate surface area is 111 Å². The molecular formula is C12H8BrNO4. The van der Waals surface area contributed by atoms with E-state index in [0.29, 0.717) is 10.2 Å². The number of nitro groups is 1. The SMILES string of the molecule is O=C(Cc1ccc([N+](=O)[O-])cc1)c1ccc(Br)o1. The molecule has 0 aliphatic carbocycles. The molecule has 5 nitrogen and oxygen atoms in total. The molecule has 1 aromatic carbocycles. The van der Waals surface area contributed by atoms with Crippen LogP contribution in [0.15, 0.2) is 45.5 Å². The monoisotopic (exact) mass is 309 g/mol. The second-order valence-electron chi connectivity index (χ2n) is 3.63. The Morgan fingerprint density at radius 3 is 2.39 bits per heavy atom. The van der Waals surface area contributed by atoms with Gasteiger partial charge in [0.1, 0.15) is 0 Å². The standard InChI is InChI=1S/C12H8BrNO4/c13-12-6-5-11(18-12)10(15)7-8-1-3-9(4-2-8)14(16)17/h1-6H,7H2. The van der Waals surface area contributed by atoms with Crippen molar-refractivity contribution in [2.24, 2.45) is 0 Å². The lowest BCUT2D eigenvalue weighted by Crippen LogP contribution is -2.02. The Kier molecular flexibility index (Phi) is 3.57. The predicted octanol–water partition coefficient (Wildman–Crippen LogP) is 3.38. The number of benzene rings is 1. The van der Waals surface area contributed by atoms with Gasteiger partial charge >= 0.3 is 0 Å². The van der Waals surface area contributed by atoms with Crippen LogP contribution in [0.1, 0.15) is 16.1 Å². The summed E-state index contributed by atoms with van der Waals surface area (Å²) in [6.45, 7) is 0. The van der Waals surface area contributed by atoms with Gasteiger partial charge < -0.3 is 4.42 Å². The normalized spacial score (nSPS) is 10.3. The summed E-state index contributed by atoms with van der Waals surface area (Å²) < 4.78 is 5.63. The largest absolute Gasteiger partial charge is 0.446 e. The van der Waals surface area contributed by atoms with Gasteiger partial charge in [0.2, 0.25) is 5.78 Å². The van der Waals surface area contributed by atoms with Crippen LogP contribution in [0.25, 0.3) is 0 Å². The van der Waals surface area contributed by atoms with E-state index in [4.69, 9.17) is 4.42 Å². The average molecular weight is 310 g/mol. The van der Waals surface area contributed by atoms with Gasteiger partial charge in [-0.3, -0.25) is 14.9 Å². The molecule has 0 saturated heterocycles. The molecule has 18 heavy (non-hydrogen) atoms. The highest BCUT2D eigenvalue weighted by molar-refractivity contribution is 9.10. The second-order valence-corrected chi connectivity index (χ2v) is 4.41. The van der Waals surface area contributed by atoms with Crippen LogP contribution in [-0.2, 0) is 6.42 Å². The molecule has 1 heterocycles. The molecule has 2 aromatic rings. The molecule has 2 rings (SSSR count). The molecule has 1 aromatic heterocycles. The minimum atomic E-state index is -0.477. The van der Waals surface area contributed by atoms with Crippen molar-refractivity contribution in [1.82, 2.24) is 0 Å². The van der Waals surface area contributed by atoms with Crippen molar-refractivity contribution in [3.8, 4) is 0 Å². The molecule has 92 valence electrons. The Balaban J connectivity index is 2.10. The zero-order valence-corrected chi connectivity index (χ0v) is 10.7. The quantitative estimate of drug-likeness (QED) is 0.493. The highest BCUT2D eigenvalue weighted by atomic mass is 79.9. The molecule has 0 aliphatic rings. The van der Waals surface area contributed by atoms with Crippen molar-refractivity contribution in [1.29, 1.82) is 0 Å². The smallest absolute Gasteiger partial charge is 0.269 e. The van der Waals surface area contributed by atoms with Gasteiger partial charge in [0.25, 0.3) is 5.69 Å². The number of non-ortho nitro benzene ring substituents is 1. The van der Waals surface area contributed by atoms with Crippen molar-refractivity contribution < 1.29 is 14.1 Å². The molecule has 0 unspecified atom stereocenters. The Bertz CT molecular complexity index is 588. The van der Waals surface area contributed by atoms with Crippen LogP contribution in [0.4, 0.5) is 5.69 Å². The minimum Gasteiger partial charge on any atom is -0.446 e. The second kappa shape index (κ2) is 5.14. The fraction of sp³-hybridized carbons (Fsp3) is 0.0833. The summed E-state index contributed by atoms with van der Waals surface area (Å²) in [7, 11) is 0. The van der Waals surface area contributed by atoms with Gasteiger partial charge in [-0.15, -0.1) is 0 Å².